The predicted octanol–water partition coefficient (Wildman–Crippen LogP) is 1.49. The van der Waals surface area contributed by atoms with Crippen LogP contribution in [0.2, 0.25) is 0 Å². The fourth-order valence-corrected chi connectivity index (χ4v) is 4.41. The highest BCUT2D eigenvalue weighted by Crippen LogP contribution is 2.25. The Labute approximate surface area is 113 Å². The van der Waals surface area contributed by atoms with E-state index < -0.39 is 15.8 Å². The Balaban J connectivity index is 2.36. The summed E-state index contributed by atoms with van der Waals surface area (Å²) < 4.78 is 39.6. The second-order valence-corrected chi connectivity index (χ2v) is 7.24. The Morgan fingerprint density at radius 3 is 2.63 bits per heavy atom. The molecule has 0 aliphatic carbocycles. The molecule has 2 N–H and O–H groups in total. The lowest BCUT2D eigenvalue weighted by molar-refractivity contribution is 0.254. The van der Waals surface area contributed by atoms with Crippen molar-refractivity contribution in [3.63, 3.8) is 0 Å². The van der Waals surface area contributed by atoms with Crippen LogP contribution in [0.1, 0.15) is 18.9 Å². The van der Waals surface area contributed by atoms with Gasteiger partial charge in [0, 0.05) is 19.1 Å². The minimum atomic E-state index is -3.59. The number of nitrogens with two attached hydrogens (primary N) is 1. The Bertz CT molecular complexity index is 564. The molecule has 0 saturated carbocycles. The van der Waals surface area contributed by atoms with Crippen LogP contribution in [0.3, 0.4) is 0 Å². The van der Waals surface area contributed by atoms with Gasteiger partial charge in [0.15, 0.2) is 0 Å². The van der Waals surface area contributed by atoms with Gasteiger partial charge in [-0.15, -0.1) is 0 Å². The van der Waals surface area contributed by atoms with E-state index in [0.29, 0.717) is 18.7 Å². The predicted molar refractivity (Wildman–Crippen MR) is 71.7 cm³/mol. The van der Waals surface area contributed by atoms with Crippen LogP contribution in [0.15, 0.2) is 23.1 Å². The summed E-state index contributed by atoms with van der Waals surface area (Å²) in [6.45, 7) is 4.37. The Kier molecular flexibility index (Phi) is 3.94. The van der Waals surface area contributed by atoms with Gasteiger partial charge in [-0.1, -0.05) is 6.92 Å². The first-order valence-corrected chi connectivity index (χ1v) is 7.76. The molecule has 6 heteroatoms. The summed E-state index contributed by atoms with van der Waals surface area (Å²) in [6.07, 6.45) is 0.828. The summed E-state index contributed by atoms with van der Waals surface area (Å²) >= 11 is 0. The number of piperidine rings is 1. The molecule has 2 unspecified atom stereocenters. The minimum absolute atomic E-state index is 0.140. The average Bonchev–Trinajstić information content (AvgIpc) is 2.26. The molecule has 0 amide bonds. The van der Waals surface area contributed by atoms with Crippen LogP contribution in [-0.2, 0) is 10.0 Å². The first-order chi connectivity index (χ1) is 8.80. The highest BCUT2D eigenvalue weighted by atomic mass is 32.2. The van der Waals surface area contributed by atoms with Gasteiger partial charge in [-0.05, 0) is 43.0 Å². The Morgan fingerprint density at radius 1 is 1.37 bits per heavy atom. The number of benzene rings is 1. The summed E-state index contributed by atoms with van der Waals surface area (Å²) in [5, 5.41) is 0. The van der Waals surface area contributed by atoms with E-state index in [1.165, 1.54) is 22.5 Å². The second kappa shape index (κ2) is 5.19. The zero-order valence-electron chi connectivity index (χ0n) is 11.1. The average molecular weight is 286 g/mol. The molecule has 4 nitrogen and oxygen atoms in total. The van der Waals surface area contributed by atoms with E-state index in [0.717, 1.165) is 6.42 Å². The molecule has 0 spiro atoms. The molecule has 2 atom stereocenters. The number of hydrogen-bond donors (Lipinski definition) is 1. The number of aryl methyl sites for hydroxylation is 1. The van der Waals surface area contributed by atoms with E-state index in [1.54, 1.807) is 6.92 Å². The number of halogens is 1. The summed E-state index contributed by atoms with van der Waals surface area (Å²) in [5.41, 5.74) is 6.31. The van der Waals surface area contributed by atoms with Gasteiger partial charge in [-0.3, -0.25) is 0 Å². The van der Waals surface area contributed by atoms with Crippen molar-refractivity contribution >= 4 is 10.0 Å². The van der Waals surface area contributed by atoms with Gasteiger partial charge < -0.3 is 5.73 Å². The zero-order chi connectivity index (χ0) is 14.2. The van der Waals surface area contributed by atoms with Gasteiger partial charge >= 0.3 is 0 Å². The SMILES string of the molecule is Cc1cc(F)ccc1S(=O)(=O)N1CC(C)CC(N)C1. The normalized spacial score (nSPS) is 25.5. The molecule has 1 fully saturated rings. The topological polar surface area (TPSA) is 63.4 Å². The van der Waals surface area contributed by atoms with E-state index in [9.17, 15) is 12.8 Å². The van der Waals surface area contributed by atoms with E-state index >= 15 is 0 Å². The van der Waals surface area contributed by atoms with Crippen LogP contribution in [0.25, 0.3) is 0 Å². The number of rotatable bonds is 2. The first kappa shape index (κ1) is 14.4. The van der Waals surface area contributed by atoms with Gasteiger partial charge in [0.25, 0.3) is 0 Å². The summed E-state index contributed by atoms with van der Waals surface area (Å²) in [7, 11) is -3.59. The van der Waals surface area contributed by atoms with Gasteiger partial charge in [0.05, 0.1) is 4.90 Å². The quantitative estimate of drug-likeness (QED) is 0.896. The van der Waals surface area contributed by atoms with Crippen LogP contribution in [0.4, 0.5) is 4.39 Å². The lowest BCUT2D eigenvalue weighted by Crippen LogP contribution is -2.48. The lowest BCUT2D eigenvalue weighted by atomic mass is 9.99. The van der Waals surface area contributed by atoms with E-state index in [2.05, 4.69) is 0 Å². The van der Waals surface area contributed by atoms with Gasteiger partial charge in [0.1, 0.15) is 5.82 Å². The highest BCUT2D eigenvalue weighted by Gasteiger charge is 2.32. The molecule has 1 aromatic carbocycles. The van der Waals surface area contributed by atoms with Gasteiger partial charge in [0.2, 0.25) is 10.0 Å². The molecule has 1 heterocycles. The molecule has 0 bridgehead atoms. The van der Waals surface area contributed by atoms with E-state index in [1.807, 2.05) is 6.92 Å². The second-order valence-electron chi connectivity index (χ2n) is 5.33. The summed E-state index contributed by atoms with van der Waals surface area (Å²) in [5.74, 6) is -0.195. The zero-order valence-corrected chi connectivity index (χ0v) is 12.0. The van der Waals surface area contributed by atoms with Crippen molar-refractivity contribution in [2.24, 2.45) is 11.7 Å². The molecule has 19 heavy (non-hydrogen) atoms. The van der Waals surface area contributed by atoms with Crippen molar-refractivity contribution in [1.82, 2.24) is 4.31 Å². The molecule has 1 saturated heterocycles. The molecule has 106 valence electrons. The number of nitrogens with zero attached hydrogens (tertiary/aromatic N) is 1. The van der Waals surface area contributed by atoms with Crippen LogP contribution >= 0.6 is 0 Å². The first-order valence-electron chi connectivity index (χ1n) is 6.32. The maximum absolute atomic E-state index is 13.1. The largest absolute Gasteiger partial charge is 0.326 e. The minimum Gasteiger partial charge on any atom is -0.326 e. The molecule has 1 aliphatic rings. The number of hydrogen-bond acceptors (Lipinski definition) is 3. The molecule has 0 aromatic heterocycles. The van der Waals surface area contributed by atoms with Crippen LogP contribution in [-0.4, -0.2) is 31.9 Å². The lowest BCUT2D eigenvalue weighted by Gasteiger charge is -2.34. The molecule has 1 aromatic rings. The van der Waals surface area contributed by atoms with Crippen LogP contribution < -0.4 is 5.73 Å². The van der Waals surface area contributed by atoms with Gasteiger partial charge in [-0.2, -0.15) is 4.31 Å². The van der Waals surface area contributed by atoms with Crippen molar-refractivity contribution < 1.29 is 12.8 Å². The fraction of sp³-hybridized carbons (Fsp3) is 0.538. The smallest absolute Gasteiger partial charge is 0.243 e. The fourth-order valence-electron chi connectivity index (χ4n) is 2.59. The van der Waals surface area contributed by atoms with Crippen LogP contribution in [0.5, 0.6) is 0 Å². The van der Waals surface area contributed by atoms with Crippen molar-refractivity contribution in [2.75, 3.05) is 13.1 Å². The Hall–Kier alpha value is -0.980. The van der Waals surface area contributed by atoms with Gasteiger partial charge in [-0.25, -0.2) is 12.8 Å². The highest BCUT2D eigenvalue weighted by molar-refractivity contribution is 7.89. The molecule has 0 radical (unpaired) electrons. The molecule has 2 rings (SSSR count). The van der Waals surface area contributed by atoms with Crippen molar-refractivity contribution in [2.45, 2.75) is 31.2 Å². The standard InChI is InChI=1S/C13H19FN2O2S/c1-9-5-12(15)8-16(7-9)19(17,18)13-4-3-11(14)6-10(13)2/h3-4,6,9,12H,5,7-8,15H2,1-2H3. The molecule has 1 aliphatic heterocycles. The van der Waals surface area contributed by atoms with E-state index in [4.69, 9.17) is 5.73 Å². The maximum atomic E-state index is 13.1. The van der Waals surface area contributed by atoms with Crippen molar-refractivity contribution in [1.29, 1.82) is 0 Å². The van der Waals surface area contributed by atoms with Crippen molar-refractivity contribution in [3.8, 4) is 0 Å². The third kappa shape index (κ3) is 2.96. The Morgan fingerprint density at radius 2 is 2.05 bits per heavy atom. The molecular weight excluding hydrogens is 267 g/mol. The van der Waals surface area contributed by atoms with Crippen molar-refractivity contribution in [3.05, 3.63) is 29.6 Å². The number of sulfonamides is 1. The molecular formula is C13H19FN2O2S. The third-order valence-corrected chi connectivity index (χ3v) is 5.41. The summed E-state index contributed by atoms with van der Waals surface area (Å²) in [4.78, 5) is 0.162. The van der Waals surface area contributed by atoms with E-state index in [-0.39, 0.29) is 16.9 Å². The maximum Gasteiger partial charge on any atom is 0.243 e. The summed E-state index contributed by atoms with van der Waals surface area (Å²) in [6, 6.07) is 3.59. The monoisotopic (exact) mass is 286 g/mol. The van der Waals surface area contributed by atoms with Crippen LogP contribution in [0, 0.1) is 18.7 Å². The third-order valence-electron chi connectivity index (χ3n) is 3.41.